The van der Waals surface area contributed by atoms with E-state index in [4.69, 9.17) is 18.9 Å². The minimum Gasteiger partial charge on any atom is -0.469 e. The van der Waals surface area contributed by atoms with E-state index in [1.807, 2.05) is 0 Å². The van der Waals surface area contributed by atoms with Crippen LogP contribution in [-0.4, -0.2) is 142 Å². The van der Waals surface area contributed by atoms with Gasteiger partial charge in [0.1, 0.15) is 48.8 Å². The zero-order chi connectivity index (χ0) is 26.1. The Morgan fingerprint density at radius 3 is 2.17 bits per heavy atom. The first-order valence-electron chi connectivity index (χ1n) is 11.1. The van der Waals surface area contributed by atoms with E-state index in [0.717, 1.165) is 0 Å². The van der Waals surface area contributed by atoms with Gasteiger partial charge in [-0.3, -0.25) is 9.59 Å². The van der Waals surface area contributed by atoms with Crippen LogP contribution in [0.5, 0.6) is 0 Å². The molecule has 0 bridgehead atoms. The highest BCUT2D eigenvalue weighted by Gasteiger charge is 2.51. The van der Waals surface area contributed by atoms with Crippen LogP contribution < -0.4 is 5.32 Å². The molecule has 14 nitrogen and oxygen atoms in total. The number of hydrogen-bond donors (Lipinski definition) is 7. The standard InChI is InChI=1S/C20H35NO13S/c1-9(24)21-13-15(27)18(34-20-17(29)16(28)14(26)10(7-22)32-20)11(8-23)33-19(13)31-4-6-35-5-3-12(25)30-2/h10-11,13-20,22-23,26-29H,3-8H2,1-2H3,(H,21,24). The minimum atomic E-state index is -1.74. The van der Waals surface area contributed by atoms with Crippen molar-refractivity contribution >= 4 is 23.6 Å². The lowest BCUT2D eigenvalue weighted by Crippen LogP contribution is -2.67. The number of ether oxygens (including phenoxy) is 5. The Hall–Kier alpha value is -1.11. The highest BCUT2D eigenvalue weighted by molar-refractivity contribution is 7.99. The van der Waals surface area contributed by atoms with E-state index in [-0.39, 0.29) is 19.0 Å². The number of aliphatic hydroxyl groups is 6. The molecule has 2 aliphatic heterocycles. The highest BCUT2D eigenvalue weighted by Crippen LogP contribution is 2.29. The fourth-order valence-electron chi connectivity index (χ4n) is 3.68. The van der Waals surface area contributed by atoms with Crippen LogP contribution in [0.4, 0.5) is 0 Å². The molecule has 204 valence electrons. The van der Waals surface area contributed by atoms with E-state index in [9.17, 15) is 40.2 Å². The lowest BCUT2D eigenvalue weighted by molar-refractivity contribution is -0.348. The number of aliphatic hydroxyl groups excluding tert-OH is 6. The van der Waals surface area contributed by atoms with Crippen LogP contribution in [0.3, 0.4) is 0 Å². The van der Waals surface area contributed by atoms with Gasteiger partial charge in [-0.25, -0.2) is 0 Å². The van der Waals surface area contributed by atoms with Gasteiger partial charge in [0.25, 0.3) is 0 Å². The van der Waals surface area contributed by atoms with Crippen LogP contribution in [0.1, 0.15) is 13.3 Å². The molecule has 0 spiro atoms. The fourth-order valence-corrected chi connectivity index (χ4v) is 4.41. The van der Waals surface area contributed by atoms with E-state index >= 15 is 0 Å². The third kappa shape index (κ3) is 8.19. The van der Waals surface area contributed by atoms with Crippen LogP contribution in [0, 0.1) is 0 Å². The molecule has 0 saturated carbocycles. The summed E-state index contributed by atoms with van der Waals surface area (Å²) in [6.45, 7) is 0.0352. The van der Waals surface area contributed by atoms with Gasteiger partial charge >= 0.3 is 5.97 Å². The summed E-state index contributed by atoms with van der Waals surface area (Å²) < 4.78 is 26.9. The molecule has 2 rings (SSSR count). The molecule has 2 saturated heterocycles. The number of thioether (sulfide) groups is 1. The first-order valence-corrected chi connectivity index (χ1v) is 12.2. The molecule has 10 atom stereocenters. The van der Waals surface area contributed by atoms with Crippen molar-refractivity contribution in [3.05, 3.63) is 0 Å². The summed E-state index contributed by atoms with van der Waals surface area (Å²) in [6.07, 6.45) is -12.9. The number of amides is 1. The maximum Gasteiger partial charge on any atom is 0.306 e. The zero-order valence-corrected chi connectivity index (χ0v) is 20.3. The lowest BCUT2D eigenvalue weighted by Gasteiger charge is -2.47. The summed E-state index contributed by atoms with van der Waals surface area (Å²) in [5.41, 5.74) is 0. The van der Waals surface area contributed by atoms with Crippen molar-refractivity contribution in [3.63, 3.8) is 0 Å². The number of rotatable bonds is 12. The van der Waals surface area contributed by atoms with E-state index < -0.39 is 80.5 Å². The van der Waals surface area contributed by atoms with Crippen molar-refractivity contribution in [2.24, 2.45) is 0 Å². The number of nitrogens with one attached hydrogen (secondary N) is 1. The van der Waals surface area contributed by atoms with Gasteiger partial charge < -0.3 is 59.6 Å². The second-order valence-corrected chi connectivity index (χ2v) is 9.27. The second kappa shape index (κ2) is 14.6. The van der Waals surface area contributed by atoms with Crippen molar-refractivity contribution in [1.29, 1.82) is 0 Å². The predicted molar refractivity (Wildman–Crippen MR) is 118 cm³/mol. The van der Waals surface area contributed by atoms with Gasteiger partial charge in [-0.05, 0) is 0 Å². The third-order valence-corrected chi connectivity index (χ3v) is 6.50. The van der Waals surface area contributed by atoms with Crippen molar-refractivity contribution in [2.75, 3.05) is 38.4 Å². The van der Waals surface area contributed by atoms with Crippen LogP contribution in [0.15, 0.2) is 0 Å². The second-order valence-electron chi connectivity index (χ2n) is 8.05. The number of esters is 1. The molecule has 0 aromatic heterocycles. The lowest BCUT2D eigenvalue weighted by atomic mass is 9.95. The molecule has 0 aromatic carbocycles. The summed E-state index contributed by atoms with van der Waals surface area (Å²) in [7, 11) is 1.30. The van der Waals surface area contributed by atoms with Crippen LogP contribution in [-0.2, 0) is 33.3 Å². The van der Waals surface area contributed by atoms with Gasteiger partial charge in [0.2, 0.25) is 5.91 Å². The minimum absolute atomic E-state index is 0.135. The van der Waals surface area contributed by atoms with Crippen molar-refractivity contribution in [2.45, 2.75) is 74.7 Å². The van der Waals surface area contributed by atoms with Crippen molar-refractivity contribution in [3.8, 4) is 0 Å². The Morgan fingerprint density at radius 1 is 0.914 bits per heavy atom. The monoisotopic (exact) mass is 529 g/mol. The Bertz CT molecular complexity index is 671. The quantitative estimate of drug-likeness (QED) is 0.0950. The van der Waals surface area contributed by atoms with E-state index in [2.05, 4.69) is 10.1 Å². The largest absolute Gasteiger partial charge is 0.469 e. The number of methoxy groups -OCH3 is 1. The van der Waals surface area contributed by atoms with Crippen LogP contribution in [0.25, 0.3) is 0 Å². The summed E-state index contributed by atoms with van der Waals surface area (Å²) in [6, 6.07) is -1.13. The van der Waals surface area contributed by atoms with Gasteiger partial charge in [0, 0.05) is 18.4 Å². The molecule has 2 heterocycles. The van der Waals surface area contributed by atoms with Crippen molar-refractivity contribution in [1.82, 2.24) is 5.32 Å². The van der Waals surface area contributed by atoms with E-state index in [1.165, 1.54) is 25.8 Å². The molecule has 15 heteroatoms. The maximum atomic E-state index is 11.7. The zero-order valence-electron chi connectivity index (χ0n) is 19.5. The first-order chi connectivity index (χ1) is 16.6. The molecule has 35 heavy (non-hydrogen) atoms. The summed E-state index contributed by atoms with van der Waals surface area (Å²) in [5, 5.41) is 62.8. The average molecular weight is 530 g/mol. The normalized spacial score (nSPS) is 37.6. The molecule has 7 N–H and O–H groups in total. The highest BCUT2D eigenvalue weighted by atomic mass is 32.2. The number of carbonyl (C=O) groups excluding carboxylic acids is 2. The molecule has 2 fully saturated rings. The van der Waals surface area contributed by atoms with Gasteiger partial charge in [0.05, 0.1) is 33.4 Å². The summed E-state index contributed by atoms with van der Waals surface area (Å²) in [5.74, 6) is 0.133. The number of hydrogen-bond acceptors (Lipinski definition) is 14. The van der Waals surface area contributed by atoms with Gasteiger partial charge in [0.15, 0.2) is 12.6 Å². The fraction of sp³-hybridized carbons (Fsp3) is 0.900. The van der Waals surface area contributed by atoms with Crippen molar-refractivity contribution < 1.29 is 63.9 Å². The summed E-state index contributed by atoms with van der Waals surface area (Å²) in [4.78, 5) is 22.9. The van der Waals surface area contributed by atoms with Gasteiger partial charge in [-0.2, -0.15) is 11.8 Å². The van der Waals surface area contributed by atoms with Gasteiger partial charge in [-0.15, -0.1) is 0 Å². The molecule has 1 amide bonds. The summed E-state index contributed by atoms with van der Waals surface area (Å²) >= 11 is 1.42. The molecule has 0 aliphatic carbocycles. The SMILES string of the molecule is COC(=O)CCSCCOC1OC(CO)C(OC2OC(CO)C(O)C(O)C2O)C(O)C1NC(C)=O. The molecular formula is C20H35NO13S. The Labute approximate surface area is 206 Å². The molecule has 10 unspecified atom stereocenters. The molecular weight excluding hydrogens is 494 g/mol. The Morgan fingerprint density at radius 2 is 1.57 bits per heavy atom. The first kappa shape index (κ1) is 30.1. The molecule has 0 radical (unpaired) electrons. The molecule has 2 aliphatic rings. The topological polar surface area (TPSA) is 214 Å². The average Bonchev–Trinajstić information content (AvgIpc) is 2.84. The van der Waals surface area contributed by atoms with Crippen LogP contribution in [0.2, 0.25) is 0 Å². The van der Waals surface area contributed by atoms with E-state index in [0.29, 0.717) is 11.5 Å². The number of carbonyl (C=O) groups is 2. The third-order valence-electron chi connectivity index (χ3n) is 5.55. The smallest absolute Gasteiger partial charge is 0.306 e. The predicted octanol–water partition coefficient (Wildman–Crippen LogP) is -3.93. The van der Waals surface area contributed by atoms with Gasteiger partial charge in [-0.1, -0.05) is 0 Å². The Balaban J connectivity index is 2.04. The Kier molecular flexibility index (Phi) is 12.5. The maximum absolute atomic E-state index is 11.7. The molecule has 0 aromatic rings. The van der Waals surface area contributed by atoms with E-state index in [1.54, 1.807) is 0 Å². The van der Waals surface area contributed by atoms with Crippen LogP contribution >= 0.6 is 11.8 Å².